The van der Waals surface area contributed by atoms with Crippen molar-refractivity contribution in [3.63, 3.8) is 0 Å². The van der Waals surface area contributed by atoms with E-state index in [0.717, 1.165) is 25.0 Å². The molecule has 1 aromatic carbocycles. The van der Waals surface area contributed by atoms with Crippen LogP contribution in [-0.2, 0) is 20.2 Å². The Morgan fingerprint density at radius 3 is 2.27 bits per heavy atom. The van der Waals surface area contributed by atoms with Crippen molar-refractivity contribution < 1.29 is 13.2 Å². The zero-order valence-corrected chi connectivity index (χ0v) is 15.0. The van der Waals surface area contributed by atoms with Crippen molar-refractivity contribution in [3.8, 4) is 0 Å². The maximum atomic E-state index is 12.2. The van der Waals surface area contributed by atoms with Crippen LogP contribution in [0.5, 0.6) is 0 Å². The molecule has 0 heterocycles. The van der Waals surface area contributed by atoms with Gasteiger partial charge in [-0.1, -0.05) is 39.8 Å². The molecular weight excluding hydrogens is 298 g/mol. The fourth-order valence-corrected chi connectivity index (χ4v) is 3.07. The van der Waals surface area contributed by atoms with Crippen LogP contribution in [0.3, 0.4) is 0 Å². The van der Waals surface area contributed by atoms with E-state index >= 15 is 0 Å². The summed E-state index contributed by atoms with van der Waals surface area (Å²) in [4.78, 5) is 0.317. The van der Waals surface area contributed by atoms with Gasteiger partial charge in [0, 0.05) is 19.8 Å². The third-order valence-electron chi connectivity index (χ3n) is 3.94. The van der Waals surface area contributed by atoms with Crippen LogP contribution in [0.25, 0.3) is 0 Å². The molecule has 0 radical (unpaired) electrons. The van der Waals surface area contributed by atoms with Crippen LogP contribution in [0.4, 0.5) is 0 Å². The number of sulfonamides is 1. The van der Waals surface area contributed by atoms with E-state index in [9.17, 15) is 8.42 Å². The molecular formula is C17H29NO3S. The van der Waals surface area contributed by atoms with E-state index in [4.69, 9.17) is 4.74 Å². The third kappa shape index (κ3) is 5.71. The second kappa shape index (κ2) is 8.65. The summed E-state index contributed by atoms with van der Waals surface area (Å²) in [7, 11) is -3.43. The molecule has 1 rings (SSSR count). The minimum atomic E-state index is -3.43. The van der Waals surface area contributed by atoms with Gasteiger partial charge in [-0.25, -0.2) is 13.1 Å². The van der Waals surface area contributed by atoms with Crippen molar-refractivity contribution in [2.45, 2.75) is 57.3 Å². The summed E-state index contributed by atoms with van der Waals surface area (Å²) >= 11 is 0. The molecule has 0 unspecified atom stereocenters. The van der Waals surface area contributed by atoms with Crippen molar-refractivity contribution in [2.24, 2.45) is 0 Å². The number of benzene rings is 1. The molecule has 22 heavy (non-hydrogen) atoms. The molecule has 0 saturated heterocycles. The lowest BCUT2D eigenvalue weighted by atomic mass is 9.82. The van der Waals surface area contributed by atoms with Crippen LogP contribution in [-0.4, -0.2) is 28.2 Å². The van der Waals surface area contributed by atoms with Gasteiger partial charge in [-0.05, 0) is 42.4 Å². The van der Waals surface area contributed by atoms with E-state index in [2.05, 4.69) is 25.5 Å². The van der Waals surface area contributed by atoms with Gasteiger partial charge in [0.05, 0.1) is 4.90 Å². The van der Waals surface area contributed by atoms with Gasteiger partial charge >= 0.3 is 0 Å². The molecule has 0 atom stereocenters. The first-order chi connectivity index (χ1) is 10.3. The zero-order valence-electron chi connectivity index (χ0n) is 14.2. The fourth-order valence-electron chi connectivity index (χ4n) is 2.00. The Hall–Kier alpha value is -0.910. The van der Waals surface area contributed by atoms with Crippen molar-refractivity contribution in [1.29, 1.82) is 0 Å². The molecule has 0 amide bonds. The van der Waals surface area contributed by atoms with E-state index in [0.29, 0.717) is 24.5 Å². The second-order valence-electron chi connectivity index (χ2n) is 6.13. The highest BCUT2D eigenvalue weighted by Crippen LogP contribution is 2.27. The lowest BCUT2D eigenvalue weighted by Crippen LogP contribution is -2.26. The highest BCUT2D eigenvalue weighted by molar-refractivity contribution is 7.89. The molecule has 0 aromatic heterocycles. The lowest BCUT2D eigenvalue weighted by molar-refractivity contribution is 0.133. The van der Waals surface area contributed by atoms with E-state index in [-0.39, 0.29) is 5.41 Å². The van der Waals surface area contributed by atoms with Gasteiger partial charge in [0.2, 0.25) is 10.0 Å². The first kappa shape index (κ1) is 19.1. The van der Waals surface area contributed by atoms with Gasteiger partial charge in [0.25, 0.3) is 0 Å². The second-order valence-corrected chi connectivity index (χ2v) is 7.89. The van der Waals surface area contributed by atoms with Gasteiger partial charge in [0.15, 0.2) is 0 Å². The third-order valence-corrected chi connectivity index (χ3v) is 5.41. The summed E-state index contributed by atoms with van der Waals surface area (Å²) in [5.74, 6) is 0. The van der Waals surface area contributed by atoms with E-state index in [1.54, 1.807) is 12.1 Å². The van der Waals surface area contributed by atoms with Crippen LogP contribution in [0, 0.1) is 0 Å². The van der Waals surface area contributed by atoms with Crippen molar-refractivity contribution >= 4 is 10.0 Å². The summed E-state index contributed by atoms with van der Waals surface area (Å²) in [6.07, 6.45) is 2.67. The zero-order chi connectivity index (χ0) is 16.6. The molecule has 0 aliphatic carbocycles. The summed E-state index contributed by atoms with van der Waals surface area (Å²) in [6, 6.07) is 7.18. The standard InChI is InChI=1S/C17H29NO3S/c1-5-13-21-14-7-12-18-22(19,20)16-10-8-15(9-11-16)17(3,4)6-2/h8-11,18H,5-7,12-14H2,1-4H3. The summed E-state index contributed by atoms with van der Waals surface area (Å²) < 4.78 is 32.3. The number of nitrogens with one attached hydrogen (secondary N) is 1. The summed E-state index contributed by atoms with van der Waals surface area (Å²) in [5, 5.41) is 0. The molecule has 1 N–H and O–H groups in total. The largest absolute Gasteiger partial charge is 0.381 e. The minimum Gasteiger partial charge on any atom is -0.381 e. The fraction of sp³-hybridized carbons (Fsp3) is 0.647. The van der Waals surface area contributed by atoms with Crippen LogP contribution in [0.1, 0.15) is 52.5 Å². The van der Waals surface area contributed by atoms with Crippen LogP contribution >= 0.6 is 0 Å². The SMILES string of the molecule is CCCOCCCNS(=O)(=O)c1ccc(C(C)(C)CC)cc1. The average Bonchev–Trinajstić information content (AvgIpc) is 2.51. The predicted molar refractivity (Wildman–Crippen MR) is 90.7 cm³/mol. The number of ether oxygens (including phenoxy) is 1. The van der Waals surface area contributed by atoms with Crippen LogP contribution < -0.4 is 4.72 Å². The molecule has 0 spiro atoms. The van der Waals surface area contributed by atoms with Crippen LogP contribution in [0.15, 0.2) is 29.2 Å². The van der Waals surface area contributed by atoms with Gasteiger partial charge in [-0.15, -0.1) is 0 Å². The van der Waals surface area contributed by atoms with Crippen molar-refractivity contribution in [3.05, 3.63) is 29.8 Å². The van der Waals surface area contributed by atoms with E-state index in [1.165, 1.54) is 0 Å². The smallest absolute Gasteiger partial charge is 0.240 e. The molecule has 0 bridgehead atoms. The van der Waals surface area contributed by atoms with Crippen molar-refractivity contribution in [2.75, 3.05) is 19.8 Å². The van der Waals surface area contributed by atoms with Gasteiger partial charge in [-0.3, -0.25) is 0 Å². The summed E-state index contributed by atoms with van der Waals surface area (Å²) in [5.41, 5.74) is 1.22. The predicted octanol–water partition coefficient (Wildman–Crippen LogP) is 3.47. The molecule has 126 valence electrons. The van der Waals surface area contributed by atoms with Gasteiger partial charge in [0.1, 0.15) is 0 Å². The minimum absolute atomic E-state index is 0.0618. The highest BCUT2D eigenvalue weighted by atomic mass is 32.2. The normalized spacial score (nSPS) is 12.5. The highest BCUT2D eigenvalue weighted by Gasteiger charge is 2.19. The average molecular weight is 327 g/mol. The molecule has 4 nitrogen and oxygen atoms in total. The Morgan fingerprint density at radius 1 is 1.09 bits per heavy atom. The summed E-state index contributed by atoms with van der Waals surface area (Å²) in [6.45, 7) is 10.2. The number of hydrogen-bond donors (Lipinski definition) is 1. The van der Waals surface area contributed by atoms with Gasteiger partial charge < -0.3 is 4.74 Å². The Balaban J connectivity index is 2.59. The first-order valence-corrected chi connectivity index (χ1v) is 9.49. The monoisotopic (exact) mass is 327 g/mol. The van der Waals surface area contributed by atoms with E-state index < -0.39 is 10.0 Å². The molecule has 0 aliphatic rings. The molecule has 0 aliphatic heterocycles. The Labute approximate surface area is 135 Å². The number of rotatable bonds is 10. The quantitative estimate of drug-likeness (QED) is 0.670. The Kier molecular flexibility index (Phi) is 7.53. The topological polar surface area (TPSA) is 55.4 Å². The Morgan fingerprint density at radius 2 is 1.73 bits per heavy atom. The maximum absolute atomic E-state index is 12.2. The van der Waals surface area contributed by atoms with Crippen molar-refractivity contribution in [1.82, 2.24) is 4.72 Å². The molecule has 0 saturated carbocycles. The molecule has 1 aromatic rings. The van der Waals surface area contributed by atoms with Crippen LogP contribution in [0.2, 0.25) is 0 Å². The van der Waals surface area contributed by atoms with Gasteiger partial charge in [-0.2, -0.15) is 0 Å². The Bertz CT molecular complexity index is 536. The van der Waals surface area contributed by atoms with E-state index in [1.807, 2.05) is 19.1 Å². The molecule has 0 fully saturated rings. The maximum Gasteiger partial charge on any atom is 0.240 e. The number of hydrogen-bond acceptors (Lipinski definition) is 3. The lowest BCUT2D eigenvalue weighted by Gasteiger charge is -2.23. The molecule has 5 heteroatoms. The first-order valence-electron chi connectivity index (χ1n) is 8.01.